The predicted molar refractivity (Wildman–Crippen MR) is 122 cm³/mol. The van der Waals surface area contributed by atoms with E-state index in [2.05, 4.69) is 20.6 Å². The Morgan fingerprint density at radius 3 is 2.50 bits per heavy atom. The lowest BCUT2D eigenvalue weighted by molar-refractivity contribution is -0.141. The van der Waals surface area contributed by atoms with E-state index in [-0.39, 0.29) is 12.3 Å². The van der Waals surface area contributed by atoms with Gasteiger partial charge >= 0.3 is 12.2 Å². The fourth-order valence-corrected chi connectivity index (χ4v) is 3.26. The van der Waals surface area contributed by atoms with Gasteiger partial charge in [-0.2, -0.15) is 23.3 Å². The van der Waals surface area contributed by atoms with Crippen LogP contribution in [0.15, 0.2) is 64.9 Å². The summed E-state index contributed by atoms with van der Waals surface area (Å²) in [4.78, 5) is 16.0. The van der Waals surface area contributed by atoms with Crippen LogP contribution < -0.4 is 10.1 Å². The molecule has 178 valence electrons. The van der Waals surface area contributed by atoms with Crippen molar-refractivity contribution in [2.75, 3.05) is 19.4 Å². The zero-order chi connectivity index (χ0) is 24.9. The van der Waals surface area contributed by atoms with Gasteiger partial charge in [0.1, 0.15) is 18.1 Å². The lowest BCUT2D eigenvalue weighted by Crippen LogP contribution is -2.27. The van der Waals surface area contributed by atoms with Gasteiger partial charge in [0.15, 0.2) is 0 Å². The maximum absolute atomic E-state index is 13.0. The van der Waals surface area contributed by atoms with Crippen LogP contribution in [0.1, 0.15) is 22.4 Å². The molecule has 2 aromatic carbocycles. The number of benzene rings is 2. The number of hydrogen-bond donors (Lipinski definition) is 1. The number of halogens is 3. The van der Waals surface area contributed by atoms with Gasteiger partial charge in [-0.1, -0.05) is 23.4 Å². The highest BCUT2D eigenvalue weighted by Crippen LogP contribution is 2.31. The van der Waals surface area contributed by atoms with Gasteiger partial charge in [0.25, 0.3) is 0 Å². The molecule has 0 atom stereocenters. The Hall–Kier alpha value is -3.95. The van der Waals surface area contributed by atoms with Gasteiger partial charge < -0.3 is 10.1 Å². The summed E-state index contributed by atoms with van der Waals surface area (Å²) in [6.45, 7) is 3.88. The molecule has 1 N–H and O–H groups in total. The first-order valence-electron chi connectivity index (χ1n) is 10.3. The summed E-state index contributed by atoms with van der Waals surface area (Å²) < 4.78 is 45.0. The number of urea groups is 1. The average molecular weight is 471 g/mol. The Morgan fingerprint density at radius 1 is 1.09 bits per heavy atom. The number of rotatable bonds is 6. The van der Waals surface area contributed by atoms with E-state index in [0.29, 0.717) is 17.0 Å². The molecule has 1 aromatic heterocycles. The van der Waals surface area contributed by atoms with Crippen molar-refractivity contribution in [3.8, 4) is 17.0 Å². The Kier molecular flexibility index (Phi) is 7.50. The van der Waals surface area contributed by atoms with E-state index in [1.54, 1.807) is 31.2 Å². The molecule has 3 rings (SSSR count). The number of nitrogens with zero attached hydrogens (tertiary/aromatic N) is 4. The number of aromatic nitrogens is 1. The molecule has 7 nitrogen and oxygen atoms in total. The summed E-state index contributed by atoms with van der Waals surface area (Å²) in [6, 6.07) is 13.9. The van der Waals surface area contributed by atoms with Crippen LogP contribution in [-0.4, -0.2) is 30.1 Å². The lowest BCUT2D eigenvalue weighted by atomic mass is 10.1. The van der Waals surface area contributed by atoms with E-state index in [1.807, 2.05) is 19.1 Å². The first-order chi connectivity index (χ1) is 16.1. The summed E-state index contributed by atoms with van der Waals surface area (Å²) in [7, 11) is 2.95. The number of carbonyl (C=O) groups is 1. The highest BCUT2D eigenvalue weighted by Gasteiger charge is 2.32. The second-order valence-corrected chi connectivity index (χ2v) is 7.52. The molecule has 0 aliphatic heterocycles. The number of nitrogens with one attached hydrogen (secondary N) is 1. The third-order valence-electron chi connectivity index (χ3n) is 5.05. The minimum Gasteiger partial charge on any atom is -0.489 e. The molecule has 0 spiro atoms. The molecule has 0 aliphatic carbocycles. The molecule has 1 heterocycles. The Morgan fingerprint density at radius 2 is 1.82 bits per heavy atom. The van der Waals surface area contributed by atoms with Crippen LogP contribution in [0.2, 0.25) is 0 Å². The summed E-state index contributed by atoms with van der Waals surface area (Å²) in [5, 5.41) is 11.1. The number of anilines is 1. The topological polar surface area (TPSA) is 79.2 Å². The zero-order valence-electron chi connectivity index (χ0n) is 19.1. The number of pyridine rings is 1. The zero-order valence-corrected chi connectivity index (χ0v) is 19.1. The van der Waals surface area contributed by atoms with Crippen LogP contribution in [0.25, 0.3) is 11.3 Å². The molecule has 0 fully saturated rings. The standard InChI is InChI=1S/C24H24F3N5O2/c1-15-7-5-9-20(30-23(33)32(4)31-28-3)18(15)14-34-21-12-11-17(13-16(21)2)19-8-6-10-22(29-19)24(25,26)27/h5-13H,14H2,1-4H3,(H,30,33). The summed E-state index contributed by atoms with van der Waals surface area (Å²) in [6.07, 6.45) is -4.51. The number of carbonyl (C=O) groups excluding carboxylic acids is 1. The van der Waals surface area contributed by atoms with Crippen molar-refractivity contribution >= 4 is 11.7 Å². The molecule has 2 amide bonds. The maximum atomic E-state index is 13.0. The van der Waals surface area contributed by atoms with E-state index in [0.717, 1.165) is 27.8 Å². The van der Waals surface area contributed by atoms with Crippen molar-refractivity contribution < 1.29 is 22.7 Å². The molecule has 0 aliphatic rings. The van der Waals surface area contributed by atoms with Gasteiger partial charge in [-0.05, 0) is 61.4 Å². The SMILES string of the molecule is CN=NN(C)C(=O)Nc1cccc(C)c1COc1ccc(-c2cccc(C(F)(F)F)n2)cc1C. The fourth-order valence-electron chi connectivity index (χ4n) is 3.26. The van der Waals surface area contributed by atoms with E-state index in [4.69, 9.17) is 4.74 Å². The van der Waals surface area contributed by atoms with Crippen molar-refractivity contribution in [2.45, 2.75) is 26.6 Å². The quantitative estimate of drug-likeness (QED) is 0.333. The Bertz CT molecular complexity index is 1210. The monoisotopic (exact) mass is 471 g/mol. The van der Waals surface area contributed by atoms with E-state index >= 15 is 0 Å². The second kappa shape index (κ2) is 10.3. The van der Waals surface area contributed by atoms with Gasteiger partial charge in [0.2, 0.25) is 0 Å². The number of ether oxygens (including phenoxy) is 1. The van der Waals surface area contributed by atoms with Crippen molar-refractivity contribution in [2.24, 2.45) is 10.3 Å². The van der Waals surface area contributed by atoms with E-state index in [9.17, 15) is 18.0 Å². The normalized spacial score (nSPS) is 11.5. The van der Waals surface area contributed by atoms with E-state index < -0.39 is 17.9 Å². The Balaban J connectivity index is 1.79. The third-order valence-corrected chi connectivity index (χ3v) is 5.05. The average Bonchev–Trinajstić information content (AvgIpc) is 2.79. The smallest absolute Gasteiger partial charge is 0.433 e. The Labute approximate surface area is 195 Å². The lowest BCUT2D eigenvalue weighted by Gasteiger charge is -2.17. The fraction of sp³-hybridized carbons (Fsp3) is 0.250. The van der Waals surface area contributed by atoms with Gasteiger partial charge in [-0.3, -0.25) is 0 Å². The van der Waals surface area contributed by atoms with Crippen LogP contribution in [0, 0.1) is 13.8 Å². The number of hydrogen-bond acceptors (Lipinski definition) is 5. The van der Waals surface area contributed by atoms with Crippen molar-refractivity contribution in [1.82, 2.24) is 9.99 Å². The molecule has 0 radical (unpaired) electrons. The number of aryl methyl sites for hydroxylation is 2. The molecule has 3 aromatic rings. The third kappa shape index (κ3) is 5.89. The highest BCUT2D eigenvalue weighted by molar-refractivity contribution is 5.89. The van der Waals surface area contributed by atoms with Crippen molar-refractivity contribution in [3.05, 3.63) is 77.0 Å². The van der Waals surface area contributed by atoms with Crippen LogP contribution in [0.3, 0.4) is 0 Å². The minimum absolute atomic E-state index is 0.170. The summed E-state index contributed by atoms with van der Waals surface area (Å²) in [5.74, 6) is 0.563. The molecule has 34 heavy (non-hydrogen) atoms. The highest BCUT2D eigenvalue weighted by atomic mass is 19.4. The number of amides is 2. The predicted octanol–water partition coefficient (Wildman–Crippen LogP) is 6.42. The van der Waals surface area contributed by atoms with Crippen molar-refractivity contribution in [1.29, 1.82) is 0 Å². The largest absolute Gasteiger partial charge is 0.489 e. The van der Waals surface area contributed by atoms with Crippen LogP contribution in [-0.2, 0) is 12.8 Å². The molecule has 0 bridgehead atoms. The molecule has 10 heteroatoms. The van der Waals surface area contributed by atoms with Crippen LogP contribution in [0.5, 0.6) is 5.75 Å². The van der Waals surface area contributed by atoms with Gasteiger partial charge in [-0.15, -0.1) is 0 Å². The molecule has 0 unspecified atom stereocenters. The molecular formula is C24H24F3N5O2. The summed E-state index contributed by atoms with van der Waals surface area (Å²) in [5.41, 5.74) is 2.84. The van der Waals surface area contributed by atoms with Crippen molar-refractivity contribution in [3.63, 3.8) is 0 Å². The molecule has 0 saturated carbocycles. The van der Waals surface area contributed by atoms with Gasteiger partial charge in [0.05, 0.1) is 12.7 Å². The summed E-state index contributed by atoms with van der Waals surface area (Å²) >= 11 is 0. The minimum atomic E-state index is -4.51. The molecular weight excluding hydrogens is 447 g/mol. The molecule has 0 saturated heterocycles. The van der Waals surface area contributed by atoms with Gasteiger partial charge in [0, 0.05) is 23.9 Å². The maximum Gasteiger partial charge on any atom is 0.433 e. The van der Waals surface area contributed by atoms with Crippen LogP contribution in [0.4, 0.5) is 23.7 Å². The van der Waals surface area contributed by atoms with E-state index in [1.165, 1.54) is 26.2 Å². The van der Waals surface area contributed by atoms with Gasteiger partial charge in [-0.25, -0.2) is 9.78 Å². The first-order valence-corrected chi connectivity index (χ1v) is 10.3. The number of alkyl halides is 3. The van der Waals surface area contributed by atoms with Crippen LogP contribution >= 0.6 is 0 Å². The second-order valence-electron chi connectivity index (χ2n) is 7.52. The first kappa shape index (κ1) is 24.7.